The Morgan fingerprint density at radius 1 is 1.07 bits per heavy atom. The van der Waals surface area contributed by atoms with Gasteiger partial charge >= 0.3 is 5.97 Å². The maximum absolute atomic E-state index is 12.3. The first-order chi connectivity index (χ1) is 14.3. The van der Waals surface area contributed by atoms with Gasteiger partial charge in [0.25, 0.3) is 17.5 Å². The van der Waals surface area contributed by atoms with E-state index < -0.39 is 23.3 Å². The molecule has 0 saturated heterocycles. The van der Waals surface area contributed by atoms with Crippen LogP contribution in [-0.2, 0) is 14.3 Å². The number of hydrogen-bond acceptors (Lipinski definition) is 6. The number of amides is 2. The fourth-order valence-corrected chi connectivity index (χ4v) is 6.01. The molecule has 30 heavy (non-hydrogen) atoms. The van der Waals surface area contributed by atoms with Gasteiger partial charge in [-0.05, 0) is 67.8 Å². The van der Waals surface area contributed by atoms with Gasteiger partial charge in [-0.15, -0.1) is 0 Å². The van der Waals surface area contributed by atoms with Crippen LogP contribution in [0, 0.1) is 33.3 Å². The highest BCUT2D eigenvalue weighted by Crippen LogP contribution is 2.61. The van der Waals surface area contributed by atoms with Gasteiger partial charge < -0.3 is 4.74 Å². The van der Waals surface area contributed by atoms with Gasteiger partial charge in [-0.25, -0.2) is 0 Å². The van der Waals surface area contributed by atoms with Gasteiger partial charge in [0, 0.05) is 17.7 Å². The van der Waals surface area contributed by atoms with E-state index in [9.17, 15) is 24.5 Å². The molecule has 0 radical (unpaired) electrons. The van der Waals surface area contributed by atoms with Crippen molar-refractivity contribution in [2.75, 3.05) is 6.61 Å². The van der Waals surface area contributed by atoms with E-state index in [4.69, 9.17) is 4.74 Å². The zero-order valence-electron chi connectivity index (χ0n) is 16.6. The second-order valence-electron chi connectivity index (χ2n) is 9.06. The zero-order valence-corrected chi connectivity index (χ0v) is 16.6. The number of ether oxygens (including phenoxy) is 1. The van der Waals surface area contributed by atoms with E-state index in [0.29, 0.717) is 6.42 Å². The van der Waals surface area contributed by atoms with Crippen molar-refractivity contribution in [2.45, 2.75) is 44.9 Å². The molecule has 1 aromatic rings. The summed E-state index contributed by atoms with van der Waals surface area (Å²) in [4.78, 5) is 46.4. The molecule has 4 bridgehead atoms. The van der Waals surface area contributed by atoms with Crippen LogP contribution in [0.25, 0.3) is 0 Å². The lowest BCUT2D eigenvalue weighted by molar-refractivity contribution is -0.384. The Labute approximate surface area is 173 Å². The molecular formula is C21H25N3O6. The lowest BCUT2D eigenvalue weighted by atomic mass is 9.49. The smallest absolute Gasteiger partial charge is 0.306 e. The van der Waals surface area contributed by atoms with Crippen molar-refractivity contribution in [1.29, 1.82) is 0 Å². The molecule has 5 rings (SSSR count). The molecule has 2 N–H and O–H groups in total. The summed E-state index contributed by atoms with van der Waals surface area (Å²) in [6.07, 6.45) is 7.48. The monoisotopic (exact) mass is 415 g/mol. The van der Waals surface area contributed by atoms with Crippen LogP contribution in [0.3, 0.4) is 0 Å². The number of hydrogen-bond donors (Lipinski definition) is 2. The molecule has 0 aromatic heterocycles. The third-order valence-corrected chi connectivity index (χ3v) is 6.68. The average Bonchev–Trinajstić information content (AvgIpc) is 2.69. The Balaban J connectivity index is 1.21. The minimum atomic E-state index is -0.702. The number of nitro groups is 1. The molecule has 4 fully saturated rings. The van der Waals surface area contributed by atoms with Crippen LogP contribution in [0.2, 0.25) is 0 Å². The van der Waals surface area contributed by atoms with Crippen molar-refractivity contribution < 1.29 is 24.0 Å². The van der Waals surface area contributed by atoms with Crippen molar-refractivity contribution in [3.05, 3.63) is 39.9 Å². The fourth-order valence-electron chi connectivity index (χ4n) is 6.01. The second-order valence-corrected chi connectivity index (χ2v) is 9.06. The van der Waals surface area contributed by atoms with E-state index in [1.807, 2.05) is 0 Å². The number of esters is 1. The molecule has 160 valence electrons. The highest BCUT2D eigenvalue weighted by Gasteiger charge is 2.51. The minimum absolute atomic E-state index is 0.0308. The van der Waals surface area contributed by atoms with Crippen molar-refractivity contribution in [1.82, 2.24) is 10.9 Å². The van der Waals surface area contributed by atoms with Gasteiger partial charge in [0.05, 0.1) is 11.3 Å². The van der Waals surface area contributed by atoms with Crippen LogP contribution in [0.15, 0.2) is 24.3 Å². The molecule has 0 unspecified atom stereocenters. The van der Waals surface area contributed by atoms with Crippen molar-refractivity contribution in [3.8, 4) is 0 Å². The molecule has 4 aliphatic carbocycles. The van der Waals surface area contributed by atoms with Crippen LogP contribution in [0.5, 0.6) is 0 Å². The Bertz CT molecular complexity index is 848. The van der Waals surface area contributed by atoms with E-state index in [2.05, 4.69) is 10.9 Å². The van der Waals surface area contributed by atoms with Crippen LogP contribution in [0.4, 0.5) is 5.69 Å². The molecule has 0 aliphatic heterocycles. The Hall–Kier alpha value is -2.97. The van der Waals surface area contributed by atoms with E-state index in [1.54, 1.807) is 0 Å². The molecule has 9 nitrogen and oxygen atoms in total. The third kappa shape index (κ3) is 4.44. The summed E-state index contributed by atoms with van der Waals surface area (Å²) >= 11 is 0. The average molecular weight is 415 g/mol. The normalized spacial score (nSPS) is 28.6. The number of nitrogens with one attached hydrogen (secondary N) is 2. The number of benzene rings is 1. The molecule has 4 aliphatic rings. The Morgan fingerprint density at radius 2 is 1.70 bits per heavy atom. The standard InChI is InChI=1S/C21H25N3O6/c25-18(22-23-20(27)16-2-1-3-17(7-16)24(28)29)12-30-19(26)11-21-8-13-4-14(9-21)6-15(5-13)10-21/h1-3,7,13-15H,4-6,8-12H2,(H,22,25)(H,23,27). The van der Waals surface area contributed by atoms with Crippen LogP contribution in [-0.4, -0.2) is 29.3 Å². The Kier molecular flexibility index (Phi) is 5.44. The van der Waals surface area contributed by atoms with Gasteiger partial charge in [-0.1, -0.05) is 6.07 Å². The first-order valence-electron chi connectivity index (χ1n) is 10.3. The first-order valence-corrected chi connectivity index (χ1v) is 10.3. The maximum Gasteiger partial charge on any atom is 0.306 e. The molecular weight excluding hydrogens is 390 g/mol. The number of rotatable bonds is 6. The Morgan fingerprint density at radius 3 is 2.30 bits per heavy atom. The summed E-state index contributed by atoms with van der Waals surface area (Å²) in [5, 5.41) is 10.8. The predicted molar refractivity (Wildman–Crippen MR) is 105 cm³/mol. The van der Waals surface area contributed by atoms with Crippen molar-refractivity contribution >= 4 is 23.5 Å². The maximum atomic E-state index is 12.3. The molecule has 9 heteroatoms. The minimum Gasteiger partial charge on any atom is -0.455 e. The summed E-state index contributed by atoms with van der Waals surface area (Å²) in [6.45, 7) is -0.486. The number of non-ortho nitro benzene ring substituents is 1. The topological polar surface area (TPSA) is 128 Å². The molecule has 4 saturated carbocycles. The van der Waals surface area contributed by atoms with Crippen molar-refractivity contribution in [3.63, 3.8) is 0 Å². The summed E-state index contributed by atoms with van der Waals surface area (Å²) in [6, 6.07) is 5.13. The number of carbonyl (C=O) groups excluding carboxylic acids is 3. The summed E-state index contributed by atoms with van der Waals surface area (Å²) < 4.78 is 5.14. The summed E-state index contributed by atoms with van der Waals surface area (Å²) in [5.74, 6) is 0.445. The molecule has 0 spiro atoms. The van der Waals surface area contributed by atoms with Crippen molar-refractivity contribution in [2.24, 2.45) is 23.2 Å². The van der Waals surface area contributed by atoms with E-state index in [0.717, 1.165) is 43.1 Å². The third-order valence-electron chi connectivity index (χ3n) is 6.68. The van der Waals surface area contributed by atoms with Crippen LogP contribution in [0.1, 0.15) is 55.3 Å². The molecule has 2 amide bonds. The highest BCUT2D eigenvalue weighted by atomic mass is 16.6. The number of hydrazine groups is 1. The fraction of sp³-hybridized carbons (Fsp3) is 0.571. The van der Waals surface area contributed by atoms with E-state index >= 15 is 0 Å². The van der Waals surface area contributed by atoms with Crippen LogP contribution < -0.4 is 10.9 Å². The van der Waals surface area contributed by atoms with Gasteiger partial charge in [-0.2, -0.15) is 0 Å². The predicted octanol–water partition coefficient (Wildman–Crippen LogP) is 2.51. The van der Waals surface area contributed by atoms with E-state index in [-0.39, 0.29) is 22.6 Å². The quantitative estimate of drug-likeness (QED) is 0.417. The highest BCUT2D eigenvalue weighted by molar-refractivity contribution is 5.96. The molecule has 1 aromatic carbocycles. The van der Waals surface area contributed by atoms with Gasteiger partial charge in [0.15, 0.2) is 6.61 Å². The number of nitro benzene ring substituents is 1. The van der Waals surface area contributed by atoms with Gasteiger partial charge in [-0.3, -0.25) is 35.3 Å². The summed E-state index contributed by atoms with van der Waals surface area (Å²) in [5.41, 5.74) is 4.16. The number of nitrogens with zero attached hydrogens (tertiary/aromatic N) is 1. The van der Waals surface area contributed by atoms with Gasteiger partial charge in [0.1, 0.15) is 0 Å². The lowest BCUT2D eigenvalue weighted by Crippen LogP contribution is -2.47. The largest absolute Gasteiger partial charge is 0.455 e. The van der Waals surface area contributed by atoms with E-state index in [1.165, 1.54) is 37.5 Å². The van der Waals surface area contributed by atoms with Gasteiger partial charge in [0.2, 0.25) is 0 Å². The SMILES string of the molecule is O=C(COC(=O)CC12CC3CC(CC(C3)C1)C2)NNC(=O)c1cccc([N+](=O)[O-])c1. The zero-order chi connectivity index (χ0) is 21.3. The summed E-state index contributed by atoms with van der Waals surface area (Å²) in [7, 11) is 0. The molecule has 0 heterocycles. The number of carbonyl (C=O) groups is 3. The second kappa shape index (κ2) is 8.04. The lowest BCUT2D eigenvalue weighted by Gasteiger charge is -2.56. The van der Waals surface area contributed by atoms with Crippen LogP contribution >= 0.6 is 0 Å². The molecule has 0 atom stereocenters. The first kappa shape index (κ1) is 20.3.